The third-order valence-corrected chi connectivity index (χ3v) is 3.99. The number of pyridine rings is 1. The summed E-state index contributed by atoms with van der Waals surface area (Å²) in [7, 11) is 0. The van der Waals surface area contributed by atoms with E-state index in [1.807, 2.05) is 42.5 Å². The summed E-state index contributed by atoms with van der Waals surface area (Å²) in [6.07, 6.45) is 5.74. The van der Waals surface area contributed by atoms with Crippen molar-refractivity contribution in [2.45, 2.75) is 12.5 Å². The van der Waals surface area contributed by atoms with Crippen LogP contribution in [0, 0.1) is 0 Å². The molecule has 0 fully saturated rings. The van der Waals surface area contributed by atoms with E-state index in [-0.39, 0.29) is 12.1 Å². The van der Waals surface area contributed by atoms with Crippen molar-refractivity contribution in [3.63, 3.8) is 0 Å². The van der Waals surface area contributed by atoms with Crippen molar-refractivity contribution in [3.8, 4) is 11.6 Å². The van der Waals surface area contributed by atoms with Crippen LogP contribution >= 0.6 is 0 Å². The highest BCUT2D eigenvalue weighted by Crippen LogP contribution is 2.31. The molecule has 1 aromatic carbocycles. The fourth-order valence-electron chi connectivity index (χ4n) is 2.82. The van der Waals surface area contributed by atoms with E-state index in [9.17, 15) is 4.79 Å². The Morgan fingerprint density at radius 3 is 2.96 bits per heavy atom. The van der Waals surface area contributed by atoms with Gasteiger partial charge < -0.3 is 15.4 Å². The second-order valence-corrected chi connectivity index (χ2v) is 5.69. The van der Waals surface area contributed by atoms with Gasteiger partial charge in [0.2, 0.25) is 0 Å². The van der Waals surface area contributed by atoms with Gasteiger partial charge in [-0.25, -0.2) is 14.5 Å². The lowest BCUT2D eigenvalue weighted by Crippen LogP contribution is -2.35. The third kappa shape index (κ3) is 3.30. The molecule has 3 aromatic rings. The van der Waals surface area contributed by atoms with Crippen LogP contribution in [0.5, 0.6) is 5.75 Å². The lowest BCUT2D eigenvalue weighted by Gasteiger charge is -2.26. The molecule has 7 nitrogen and oxygen atoms in total. The first-order valence-corrected chi connectivity index (χ1v) is 8.05. The summed E-state index contributed by atoms with van der Waals surface area (Å²) in [6.45, 7) is 0.583. The van der Waals surface area contributed by atoms with Crippen molar-refractivity contribution in [1.82, 2.24) is 20.1 Å². The standard InChI is InChI=1S/C18H17N5O2/c24-18(22-15-8-10-25-16-6-2-1-5-14(15)16)21-13-11-20-23(12-13)17-7-3-4-9-19-17/h1-7,9,11-12,15H,8,10H2,(H2,21,22,24)/t15-/m1/s1. The average molecular weight is 335 g/mol. The number of hydrogen-bond donors (Lipinski definition) is 2. The van der Waals surface area contributed by atoms with E-state index < -0.39 is 0 Å². The van der Waals surface area contributed by atoms with Crippen LogP contribution < -0.4 is 15.4 Å². The van der Waals surface area contributed by atoms with Crippen molar-refractivity contribution in [3.05, 3.63) is 66.6 Å². The number of urea groups is 1. The van der Waals surface area contributed by atoms with E-state index in [1.165, 1.54) is 0 Å². The number of nitrogens with zero attached hydrogens (tertiary/aromatic N) is 3. The fourth-order valence-corrected chi connectivity index (χ4v) is 2.82. The first-order valence-electron chi connectivity index (χ1n) is 8.05. The van der Waals surface area contributed by atoms with Crippen molar-refractivity contribution < 1.29 is 9.53 Å². The molecule has 1 aliphatic rings. The number of nitrogens with one attached hydrogen (secondary N) is 2. The van der Waals surface area contributed by atoms with E-state index in [0.717, 1.165) is 17.7 Å². The van der Waals surface area contributed by atoms with Crippen molar-refractivity contribution >= 4 is 11.7 Å². The molecule has 3 heterocycles. The zero-order valence-corrected chi connectivity index (χ0v) is 13.4. The maximum Gasteiger partial charge on any atom is 0.319 e. The topological polar surface area (TPSA) is 81.1 Å². The Balaban J connectivity index is 1.43. The summed E-state index contributed by atoms with van der Waals surface area (Å²) in [6, 6.07) is 13.0. The third-order valence-electron chi connectivity index (χ3n) is 3.99. The largest absolute Gasteiger partial charge is 0.493 e. The van der Waals surface area contributed by atoms with E-state index in [2.05, 4.69) is 20.7 Å². The molecule has 0 unspecified atom stereocenters. The van der Waals surface area contributed by atoms with Gasteiger partial charge in [-0.05, 0) is 18.2 Å². The van der Waals surface area contributed by atoms with Crippen LogP contribution in [0.4, 0.5) is 10.5 Å². The van der Waals surface area contributed by atoms with Crippen LogP contribution in [0.1, 0.15) is 18.0 Å². The number of para-hydroxylation sites is 1. The van der Waals surface area contributed by atoms with Crippen LogP contribution in [0.3, 0.4) is 0 Å². The van der Waals surface area contributed by atoms with Crippen molar-refractivity contribution in [1.29, 1.82) is 0 Å². The number of rotatable bonds is 3. The molecule has 1 aliphatic heterocycles. The predicted octanol–water partition coefficient (Wildman–Crippen LogP) is 2.91. The lowest BCUT2D eigenvalue weighted by molar-refractivity contribution is 0.232. The number of amides is 2. The molecule has 0 bridgehead atoms. The van der Waals surface area contributed by atoms with E-state index >= 15 is 0 Å². The highest BCUT2D eigenvalue weighted by atomic mass is 16.5. The van der Waals surface area contributed by atoms with Crippen molar-refractivity contribution in [2.24, 2.45) is 0 Å². The summed E-state index contributed by atoms with van der Waals surface area (Å²) in [5.74, 6) is 1.51. The Bertz CT molecular complexity index is 878. The molecule has 0 aliphatic carbocycles. The number of carbonyl (C=O) groups excluding carboxylic acids is 1. The van der Waals surface area contributed by atoms with Crippen LogP contribution in [0.15, 0.2) is 61.1 Å². The Labute approximate surface area is 144 Å². The van der Waals surface area contributed by atoms with Crippen LogP contribution in [0.25, 0.3) is 5.82 Å². The van der Waals surface area contributed by atoms with E-state index in [4.69, 9.17) is 4.74 Å². The van der Waals surface area contributed by atoms with E-state index in [0.29, 0.717) is 18.1 Å². The molecule has 25 heavy (non-hydrogen) atoms. The Hall–Kier alpha value is -3.35. The molecule has 126 valence electrons. The van der Waals surface area contributed by atoms with Gasteiger partial charge >= 0.3 is 6.03 Å². The second-order valence-electron chi connectivity index (χ2n) is 5.69. The van der Waals surface area contributed by atoms with Gasteiger partial charge in [0.25, 0.3) is 0 Å². The number of fused-ring (bicyclic) bond motifs is 1. The molecule has 0 spiro atoms. The first kappa shape index (κ1) is 15.2. The number of carbonyl (C=O) groups is 1. The van der Waals surface area contributed by atoms with E-state index in [1.54, 1.807) is 23.3 Å². The van der Waals surface area contributed by atoms with Crippen LogP contribution in [-0.4, -0.2) is 27.4 Å². The zero-order valence-electron chi connectivity index (χ0n) is 13.4. The number of aromatic nitrogens is 3. The Kier molecular flexibility index (Phi) is 4.04. The SMILES string of the molecule is O=C(Nc1cnn(-c2ccccn2)c1)N[C@@H]1CCOc2ccccc21. The summed E-state index contributed by atoms with van der Waals surface area (Å²) < 4.78 is 7.22. The zero-order chi connectivity index (χ0) is 17.1. The average Bonchev–Trinajstić information content (AvgIpc) is 3.11. The first-order chi connectivity index (χ1) is 12.3. The molecule has 7 heteroatoms. The molecule has 1 atom stereocenters. The number of ether oxygens (including phenoxy) is 1. The number of anilines is 1. The molecule has 2 amide bonds. The highest BCUT2D eigenvalue weighted by Gasteiger charge is 2.22. The second kappa shape index (κ2) is 6.64. The molecule has 2 N–H and O–H groups in total. The Morgan fingerprint density at radius 2 is 2.08 bits per heavy atom. The van der Waals surface area contributed by atoms with Gasteiger partial charge in [0, 0.05) is 18.2 Å². The smallest absolute Gasteiger partial charge is 0.319 e. The normalized spacial score (nSPS) is 15.8. The van der Waals surface area contributed by atoms with Crippen molar-refractivity contribution in [2.75, 3.05) is 11.9 Å². The molecule has 0 radical (unpaired) electrons. The summed E-state index contributed by atoms with van der Waals surface area (Å²) >= 11 is 0. The van der Waals surface area contributed by atoms with Gasteiger partial charge in [-0.2, -0.15) is 5.10 Å². The molecular weight excluding hydrogens is 318 g/mol. The van der Waals surface area contributed by atoms with Crippen LogP contribution in [0.2, 0.25) is 0 Å². The van der Waals surface area contributed by atoms with Gasteiger partial charge in [-0.15, -0.1) is 0 Å². The Morgan fingerprint density at radius 1 is 1.20 bits per heavy atom. The maximum atomic E-state index is 12.3. The molecule has 0 saturated carbocycles. The fraction of sp³-hybridized carbons (Fsp3) is 0.167. The monoisotopic (exact) mass is 335 g/mol. The van der Waals surface area contributed by atoms with Gasteiger partial charge in [0.1, 0.15) is 5.75 Å². The minimum absolute atomic E-state index is 0.0733. The van der Waals surface area contributed by atoms with Gasteiger partial charge in [0.05, 0.1) is 30.7 Å². The van der Waals surface area contributed by atoms with Crippen LogP contribution in [-0.2, 0) is 0 Å². The van der Waals surface area contributed by atoms with Gasteiger partial charge in [0.15, 0.2) is 5.82 Å². The lowest BCUT2D eigenvalue weighted by atomic mass is 10.0. The molecule has 4 rings (SSSR count). The predicted molar refractivity (Wildman–Crippen MR) is 92.8 cm³/mol. The van der Waals surface area contributed by atoms with Gasteiger partial charge in [-0.3, -0.25) is 0 Å². The molecule has 2 aromatic heterocycles. The molecular formula is C18H17N5O2. The molecule has 0 saturated heterocycles. The quantitative estimate of drug-likeness (QED) is 0.771. The summed E-state index contributed by atoms with van der Waals surface area (Å²) in [5.41, 5.74) is 1.59. The maximum absolute atomic E-state index is 12.3. The number of benzene rings is 1. The summed E-state index contributed by atoms with van der Waals surface area (Å²) in [4.78, 5) is 16.5. The minimum Gasteiger partial charge on any atom is -0.493 e. The number of hydrogen-bond acceptors (Lipinski definition) is 4. The highest BCUT2D eigenvalue weighted by molar-refractivity contribution is 5.89. The van der Waals surface area contributed by atoms with Gasteiger partial charge in [-0.1, -0.05) is 24.3 Å². The summed E-state index contributed by atoms with van der Waals surface area (Å²) in [5, 5.41) is 10.0. The minimum atomic E-state index is -0.276.